The van der Waals surface area contributed by atoms with E-state index < -0.39 is 21.2 Å². The number of aromatic nitrogens is 1. The van der Waals surface area contributed by atoms with Crippen molar-refractivity contribution in [2.24, 2.45) is 0 Å². The van der Waals surface area contributed by atoms with E-state index in [2.05, 4.69) is 39.8 Å². The first kappa shape index (κ1) is 27.1. The van der Waals surface area contributed by atoms with Crippen LogP contribution >= 0.6 is 23.1 Å². The molecule has 38 heavy (non-hydrogen) atoms. The first-order valence-electron chi connectivity index (χ1n) is 12.0. The quantitative estimate of drug-likeness (QED) is 0.148. The molecule has 12 heteroatoms. The number of thiazole rings is 1. The van der Waals surface area contributed by atoms with Gasteiger partial charge in [0.25, 0.3) is 15.1 Å². The van der Waals surface area contributed by atoms with Gasteiger partial charge in [-0.25, -0.2) is 4.21 Å². The van der Waals surface area contributed by atoms with E-state index in [1.54, 1.807) is 30.2 Å². The monoisotopic (exact) mass is 591 g/mol. The summed E-state index contributed by atoms with van der Waals surface area (Å²) < 4.78 is 61.5. The summed E-state index contributed by atoms with van der Waals surface area (Å²) in [4.78, 5) is 3.08. The van der Waals surface area contributed by atoms with Gasteiger partial charge in [-0.3, -0.25) is 4.55 Å². The Labute approximate surface area is 232 Å². The maximum absolute atomic E-state index is 11.4. The summed E-state index contributed by atoms with van der Waals surface area (Å²) in [6.45, 7) is 0.976. The van der Waals surface area contributed by atoms with Crippen LogP contribution in [0.2, 0.25) is 0 Å². The summed E-state index contributed by atoms with van der Waals surface area (Å²) in [5.41, 5.74) is 2.01. The van der Waals surface area contributed by atoms with Crippen molar-refractivity contribution in [2.75, 3.05) is 30.1 Å². The van der Waals surface area contributed by atoms with Gasteiger partial charge in [-0.15, -0.1) is 0 Å². The van der Waals surface area contributed by atoms with Crippen LogP contribution in [0.5, 0.6) is 5.75 Å². The van der Waals surface area contributed by atoms with Crippen LogP contribution in [-0.4, -0.2) is 46.9 Å². The Kier molecular flexibility index (Phi) is 8.08. The summed E-state index contributed by atoms with van der Waals surface area (Å²) in [5.74, 6) is 0.562. The molecule has 4 aromatic rings. The number of hydrogen-bond donors (Lipinski definition) is 2. The van der Waals surface area contributed by atoms with Crippen molar-refractivity contribution < 1.29 is 31.0 Å². The molecule has 5 rings (SSSR count). The van der Waals surface area contributed by atoms with Crippen LogP contribution in [0.4, 0.5) is 5.69 Å². The Morgan fingerprint density at radius 3 is 2.71 bits per heavy atom. The van der Waals surface area contributed by atoms with E-state index in [0.717, 1.165) is 41.6 Å². The van der Waals surface area contributed by atoms with Crippen LogP contribution in [0.15, 0.2) is 64.5 Å². The lowest BCUT2D eigenvalue weighted by Gasteiger charge is -2.20. The fourth-order valence-electron chi connectivity index (χ4n) is 4.61. The number of thioether (sulfide) groups is 1. The Bertz CT molecular complexity index is 1670. The lowest BCUT2D eigenvalue weighted by Crippen LogP contribution is -2.36. The van der Waals surface area contributed by atoms with Gasteiger partial charge in [0.05, 0.1) is 40.8 Å². The second-order valence-electron chi connectivity index (χ2n) is 8.81. The van der Waals surface area contributed by atoms with Crippen LogP contribution < -0.4 is 14.2 Å². The molecule has 2 heterocycles. The SMILES string of the molecule is COc1ccc2c(c1)N(CCCS(=O)(=O)O)C(=Cc1sc3ccc4ccccc4c3[n+]1CCCS(=O)O)S2. The first-order valence-corrected chi connectivity index (χ1v) is 16.5. The molecule has 0 fully saturated rings. The Balaban J connectivity index is 1.60. The van der Waals surface area contributed by atoms with E-state index in [1.807, 2.05) is 30.3 Å². The average Bonchev–Trinajstić information content (AvgIpc) is 3.40. The highest BCUT2D eigenvalue weighted by Crippen LogP contribution is 2.48. The summed E-state index contributed by atoms with van der Waals surface area (Å²) in [6, 6.07) is 18.2. The topological polar surface area (TPSA) is 108 Å². The van der Waals surface area contributed by atoms with E-state index >= 15 is 0 Å². The van der Waals surface area contributed by atoms with E-state index in [0.29, 0.717) is 25.3 Å². The molecule has 0 aliphatic carbocycles. The zero-order chi connectivity index (χ0) is 26.9. The molecule has 0 amide bonds. The van der Waals surface area contributed by atoms with Gasteiger partial charge in [0.2, 0.25) is 5.52 Å². The van der Waals surface area contributed by atoms with Gasteiger partial charge >= 0.3 is 0 Å². The Morgan fingerprint density at radius 2 is 1.95 bits per heavy atom. The number of fused-ring (bicyclic) bond motifs is 4. The third-order valence-electron chi connectivity index (χ3n) is 6.28. The molecule has 3 aromatic carbocycles. The van der Waals surface area contributed by atoms with Crippen LogP contribution in [0.3, 0.4) is 0 Å². The third kappa shape index (κ3) is 5.90. The molecule has 1 unspecified atom stereocenters. The molecule has 2 N–H and O–H groups in total. The maximum Gasteiger partial charge on any atom is 0.265 e. The van der Waals surface area contributed by atoms with Crippen molar-refractivity contribution in [1.29, 1.82) is 0 Å². The molecule has 200 valence electrons. The minimum Gasteiger partial charge on any atom is -0.497 e. The highest BCUT2D eigenvalue weighted by atomic mass is 32.2. The molecule has 1 atom stereocenters. The number of anilines is 1. The van der Waals surface area contributed by atoms with E-state index in [-0.39, 0.29) is 17.9 Å². The number of methoxy groups -OCH3 is 1. The zero-order valence-electron chi connectivity index (χ0n) is 20.6. The standard InChI is InChI=1S/C26H26N2O6S4/c1-34-19-9-11-22-21(16-19)27(13-5-15-38(31,32)33)24(35-22)17-25-28(12-4-14-37(29)30)26-20-7-3-2-6-18(20)8-10-23(26)36-25/h2-3,6-11,16-17H,4-5,12-15H2,1H3,(H-,29,30,31,32,33)/p+1. The lowest BCUT2D eigenvalue weighted by molar-refractivity contribution is -0.667. The fourth-order valence-corrected chi connectivity index (χ4v) is 7.80. The minimum atomic E-state index is -4.07. The molecular formula is C26H27N2O6S4+. The zero-order valence-corrected chi connectivity index (χ0v) is 23.8. The summed E-state index contributed by atoms with van der Waals surface area (Å²) in [7, 11) is -2.47. The van der Waals surface area contributed by atoms with Crippen LogP contribution in [0, 0.1) is 0 Å². The van der Waals surface area contributed by atoms with Crippen molar-refractivity contribution in [3.8, 4) is 5.75 Å². The molecular weight excluding hydrogens is 565 g/mol. The predicted molar refractivity (Wildman–Crippen MR) is 155 cm³/mol. The number of rotatable bonds is 10. The molecule has 1 aliphatic heterocycles. The number of hydrogen-bond acceptors (Lipinski definition) is 7. The van der Waals surface area contributed by atoms with Gasteiger partial charge in [-0.1, -0.05) is 47.4 Å². The van der Waals surface area contributed by atoms with Crippen LogP contribution in [-0.2, 0) is 27.7 Å². The predicted octanol–water partition coefficient (Wildman–Crippen LogP) is 5.15. The normalized spacial score (nSPS) is 15.4. The number of benzene rings is 3. The lowest BCUT2D eigenvalue weighted by atomic mass is 10.1. The van der Waals surface area contributed by atoms with Crippen molar-refractivity contribution in [3.05, 3.63) is 64.6 Å². The van der Waals surface area contributed by atoms with Crippen LogP contribution in [0.1, 0.15) is 17.8 Å². The Hall–Kier alpha value is -2.48. The summed E-state index contributed by atoms with van der Waals surface area (Å²) in [6.07, 6.45) is 2.90. The molecule has 0 radical (unpaired) electrons. The Morgan fingerprint density at radius 1 is 1.13 bits per heavy atom. The first-order chi connectivity index (χ1) is 18.2. The number of aryl methyl sites for hydroxylation is 1. The van der Waals surface area contributed by atoms with Crippen molar-refractivity contribution in [1.82, 2.24) is 0 Å². The van der Waals surface area contributed by atoms with Crippen LogP contribution in [0.25, 0.3) is 27.1 Å². The van der Waals surface area contributed by atoms with E-state index in [1.165, 1.54) is 0 Å². The van der Waals surface area contributed by atoms with Gasteiger partial charge in [0, 0.05) is 23.9 Å². The second-order valence-corrected chi connectivity index (χ2v) is 13.6. The molecule has 0 bridgehead atoms. The molecule has 0 saturated carbocycles. The molecule has 1 aromatic heterocycles. The number of nitrogens with zero attached hydrogens (tertiary/aromatic N) is 2. The highest BCUT2D eigenvalue weighted by molar-refractivity contribution is 8.04. The van der Waals surface area contributed by atoms with Gasteiger partial charge in [-0.2, -0.15) is 13.0 Å². The smallest absolute Gasteiger partial charge is 0.265 e. The van der Waals surface area contributed by atoms with Gasteiger partial charge in [0.1, 0.15) is 10.4 Å². The molecule has 0 saturated heterocycles. The average molecular weight is 592 g/mol. The van der Waals surface area contributed by atoms with Gasteiger partial charge in [0.15, 0.2) is 17.6 Å². The fraction of sp³-hybridized carbons (Fsp3) is 0.269. The maximum atomic E-state index is 11.4. The number of ether oxygens (including phenoxy) is 1. The third-order valence-corrected chi connectivity index (χ3v) is 9.93. The van der Waals surface area contributed by atoms with Gasteiger partial charge in [-0.05, 0) is 36.1 Å². The van der Waals surface area contributed by atoms with Crippen molar-refractivity contribution in [2.45, 2.75) is 24.3 Å². The van der Waals surface area contributed by atoms with E-state index in [9.17, 15) is 21.7 Å². The van der Waals surface area contributed by atoms with Crippen molar-refractivity contribution >= 4 is 77.0 Å². The molecule has 8 nitrogen and oxygen atoms in total. The van der Waals surface area contributed by atoms with Crippen molar-refractivity contribution in [3.63, 3.8) is 0 Å². The largest absolute Gasteiger partial charge is 0.497 e. The molecule has 0 spiro atoms. The highest BCUT2D eigenvalue weighted by Gasteiger charge is 2.29. The second kappa shape index (κ2) is 11.3. The summed E-state index contributed by atoms with van der Waals surface area (Å²) in [5, 5.41) is 4.16. The van der Waals surface area contributed by atoms with Gasteiger partial charge < -0.3 is 14.2 Å². The summed E-state index contributed by atoms with van der Waals surface area (Å²) >= 11 is 1.38. The molecule has 1 aliphatic rings. The van der Waals surface area contributed by atoms with E-state index in [4.69, 9.17) is 4.74 Å². The minimum absolute atomic E-state index is 0.187.